The molecule has 5 nitrogen and oxygen atoms in total. The second kappa shape index (κ2) is 4.78. The Bertz CT molecular complexity index is 704. The molecule has 0 aliphatic carbocycles. The van der Waals surface area contributed by atoms with Gasteiger partial charge in [-0.15, -0.1) is 5.10 Å². The topological polar surface area (TPSA) is 69.6 Å². The first-order valence-corrected chi connectivity index (χ1v) is 6.31. The standard InChI is InChI=1S/C14H15N5/c1-2-12(15)14-9-19(18-17-14)11-5-6-13-10(8-11)4-3-7-16-13/h3-9,12H,2,15H2,1H3. The second-order valence-corrected chi connectivity index (χ2v) is 4.48. The summed E-state index contributed by atoms with van der Waals surface area (Å²) in [4.78, 5) is 4.30. The molecule has 2 N–H and O–H groups in total. The van der Waals surface area contributed by atoms with E-state index >= 15 is 0 Å². The van der Waals surface area contributed by atoms with Crippen LogP contribution in [0, 0.1) is 0 Å². The van der Waals surface area contributed by atoms with Crippen LogP contribution in [0.4, 0.5) is 0 Å². The molecule has 0 radical (unpaired) electrons. The highest BCUT2D eigenvalue weighted by Gasteiger charge is 2.09. The van der Waals surface area contributed by atoms with Crippen molar-refractivity contribution in [3.05, 3.63) is 48.4 Å². The molecule has 3 rings (SSSR count). The van der Waals surface area contributed by atoms with Crippen molar-refractivity contribution in [3.63, 3.8) is 0 Å². The Morgan fingerprint density at radius 1 is 1.32 bits per heavy atom. The van der Waals surface area contributed by atoms with Crippen molar-refractivity contribution in [3.8, 4) is 5.69 Å². The third-order valence-corrected chi connectivity index (χ3v) is 3.18. The average Bonchev–Trinajstić information content (AvgIpc) is 2.95. The molecule has 0 fully saturated rings. The fourth-order valence-corrected chi connectivity index (χ4v) is 1.99. The number of benzene rings is 1. The summed E-state index contributed by atoms with van der Waals surface area (Å²) in [5, 5.41) is 9.32. The van der Waals surface area contributed by atoms with Gasteiger partial charge in [0.2, 0.25) is 0 Å². The zero-order valence-corrected chi connectivity index (χ0v) is 10.7. The van der Waals surface area contributed by atoms with Gasteiger partial charge in [-0.3, -0.25) is 4.98 Å². The molecule has 0 aliphatic rings. The first kappa shape index (κ1) is 11.8. The van der Waals surface area contributed by atoms with Crippen LogP contribution in [0.3, 0.4) is 0 Å². The molecule has 0 aliphatic heterocycles. The van der Waals surface area contributed by atoms with Gasteiger partial charge in [0.05, 0.1) is 29.1 Å². The molecule has 5 heteroatoms. The van der Waals surface area contributed by atoms with Crippen molar-refractivity contribution < 1.29 is 0 Å². The van der Waals surface area contributed by atoms with E-state index in [-0.39, 0.29) is 6.04 Å². The summed E-state index contributed by atoms with van der Waals surface area (Å²) in [6.07, 6.45) is 4.52. The van der Waals surface area contributed by atoms with Crippen molar-refractivity contribution >= 4 is 10.9 Å². The molecule has 0 bridgehead atoms. The predicted octanol–water partition coefficient (Wildman–Crippen LogP) is 2.23. The van der Waals surface area contributed by atoms with Crippen LogP contribution in [0.25, 0.3) is 16.6 Å². The summed E-state index contributed by atoms with van der Waals surface area (Å²) >= 11 is 0. The number of pyridine rings is 1. The fraction of sp³-hybridized carbons (Fsp3) is 0.214. The van der Waals surface area contributed by atoms with Gasteiger partial charge in [0.25, 0.3) is 0 Å². The summed E-state index contributed by atoms with van der Waals surface area (Å²) in [6, 6.07) is 9.89. The minimum atomic E-state index is -0.0594. The highest BCUT2D eigenvalue weighted by Crippen LogP contribution is 2.17. The number of hydrogen-bond donors (Lipinski definition) is 1. The first-order valence-electron chi connectivity index (χ1n) is 6.31. The van der Waals surface area contributed by atoms with Crippen molar-refractivity contribution in [2.45, 2.75) is 19.4 Å². The molecule has 1 unspecified atom stereocenters. The van der Waals surface area contributed by atoms with Crippen LogP contribution in [0.2, 0.25) is 0 Å². The quantitative estimate of drug-likeness (QED) is 0.777. The molecular formula is C14H15N5. The zero-order chi connectivity index (χ0) is 13.2. The molecule has 1 aromatic carbocycles. The van der Waals surface area contributed by atoms with Gasteiger partial charge in [-0.2, -0.15) is 0 Å². The Labute approximate surface area is 111 Å². The molecule has 0 saturated heterocycles. The fourth-order valence-electron chi connectivity index (χ4n) is 1.99. The molecule has 1 atom stereocenters. The van der Waals surface area contributed by atoms with Gasteiger partial charge in [0, 0.05) is 11.6 Å². The lowest BCUT2D eigenvalue weighted by Crippen LogP contribution is -2.08. The smallest absolute Gasteiger partial charge is 0.0998 e. The molecule has 19 heavy (non-hydrogen) atoms. The normalized spacial score (nSPS) is 12.7. The molecule has 2 heterocycles. The van der Waals surface area contributed by atoms with Gasteiger partial charge in [0.1, 0.15) is 0 Å². The summed E-state index contributed by atoms with van der Waals surface area (Å²) in [5.41, 5.74) is 8.69. The Balaban J connectivity index is 2.01. The minimum Gasteiger partial charge on any atom is -0.323 e. The van der Waals surface area contributed by atoms with Crippen LogP contribution >= 0.6 is 0 Å². The third-order valence-electron chi connectivity index (χ3n) is 3.18. The number of aromatic nitrogens is 4. The van der Waals surface area contributed by atoms with Crippen molar-refractivity contribution in [2.75, 3.05) is 0 Å². The SMILES string of the molecule is CCC(N)c1cn(-c2ccc3ncccc3c2)nn1. The van der Waals surface area contributed by atoms with Crippen molar-refractivity contribution in [1.82, 2.24) is 20.0 Å². The minimum absolute atomic E-state index is 0.0594. The second-order valence-electron chi connectivity index (χ2n) is 4.48. The molecule has 0 saturated carbocycles. The van der Waals surface area contributed by atoms with E-state index in [1.54, 1.807) is 10.9 Å². The van der Waals surface area contributed by atoms with Gasteiger partial charge in [0.15, 0.2) is 0 Å². The highest BCUT2D eigenvalue weighted by atomic mass is 15.4. The number of nitrogens with zero attached hydrogens (tertiary/aromatic N) is 4. The Morgan fingerprint density at radius 2 is 2.21 bits per heavy atom. The molecule has 2 aromatic heterocycles. The number of fused-ring (bicyclic) bond motifs is 1. The first-order chi connectivity index (χ1) is 9.28. The lowest BCUT2D eigenvalue weighted by molar-refractivity contribution is 0.670. The lowest BCUT2D eigenvalue weighted by Gasteiger charge is -2.03. The van der Waals surface area contributed by atoms with E-state index < -0.39 is 0 Å². The van der Waals surface area contributed by atoms with E-state index in [4.69, 9.17) is 5.73 Å². The van der Waals surface area contributed by atoms with E-state index in [0.717, 1.165) is 28.7 Å². The van der Waals surface area contributed by atoms with Gasteiger partial charge in [-0.1, -0.05) is 18.2 Å². The number of rotatable bonds is 3. The number of hydrogen-bond acceptors (Lipinski definition) is 4. The molecule has 96 valence electrons. The largest absolute Gasteiger partial charge is 0.323 e. The van der Waals surface area contributed by atoms with Crippen molar-refractivity contribution in [2.24, 2.45) is 5.73 Å². The molecule has 3 aromatic rings. The summed E-state index contributed by atoms with van der Waals surface area (Å²) in [6.45, 7) is 2.03. The Kier molecular flexibility index (Phi) is 2.97. The maximum atomic E-state index is 5.95. The van der Waals surface area contributed by atoms with Gasteiger partial charge in [-0.05, 0) is 30.7 Å². The summed E-state index contributed by atoms with van der Waals surface area (Å²) in [7, 11) is 0. The van der Waals surface area contributed by atoms with Gasteiger partial charge in [-0.25, -0.2) is 4.68 Å². The van der Waals surface area contributed by atoms with E-state index in [1.165, 1.54) is 0 Å². The van der Waals surface area contributed by atoms with Crippen LogP contribution in [-0.4, -0.2) is 20.0 Å². The van der Waals surface area contributed by atoms with E-state index in [2.05, 4.69) is 15.3 Å². The monoisotopic (exact) mass is 253 g/mol. The molecular weight excluding hydrogens is 238 g/mol. The van der Waals surface area contributed by atoms with E-state index in [1.807, 2.05) is 43.5 Å². The molecule has 0 amide bonds. The van der Waals surface area contributed by atoms with Crippen molar-refractivity contribution in [1.29, 1.82) is 0 Å². The van der Waals surface area contributed by atoms with Gasteiger partial charge < -0.3 is 5.73 Å². The van der Waals surface area contributed by atoms with Crippen LogP contribution < -0.4 is 5.73 Å². The van der Waals surface area contributed by atoms with E-state index in [0.29, 0.717) is 0 Å². The number of nitrogens with two attached hydrogens (primary N) is 1. The Hall–Kier alpha value is -2.27. The maximum Gasteiger partial charge on any atom is 0.0998 e. The van der Waals surface area contributed by atoms with Crippen LogP contribution in [0.15, 0.2) is 42.7 Å². The molecule has 0 spiro atoms. The van der Waals surface area contributed by atoms with Crippen LogP contribution in [0.1, 0.15) is 25.1 Å². The summed E-state index contributed by atoms with van der Waals surface area (Å²) < 4.78 is 1.75. The zero-order valence-electron chi connectivity index (χ0n) is 10.7. The van der Waals surface area contributed by atoms with Crippen LogP contribution in [-0.2, 0) is 0 Å². The summed E-state index contributed by atoms with van der Waals surface area (Å²) in [5.74, 6) is 0. The predicted molar refractivity (Wildman–Crippen MR) is 73.9 cm³/mol. The Morgan fingerprint density at radius 3 is 3.05 bits per heavy atom. The van der Waals surface area contributed by atoms with Gasteiger partial charge >= 0.3 is 0 Å². The lowest BCUT2D eigenvalue weighted by atomic mass is 10.2. The average molecular weight is 253 g/mol. The highest BCUT2D eigenvalue weighted by molar-refractivity contribution is 5.80. The third kappa shape index (κ3) is 2.20. The van der Waals surface area contributed by atoms with E-state index in [9.17, 15) is 0 Å². The maximum absolute atomic E-state index is 5.95. The van der Waals surface area contributed by atoms with Crippen LogP contribution in [0.5, 0.6) is 0 Å².